The Morgan fingerprint density at radius 3 is 2.50 bits per heavy atom. The Hall–Kier alpha value is -4.10. The van der Waals surface area contributed by atoms with Crippen LogP contribution in [-0.2, 0) is 4.74 Å². The number of anilines is 2. The van der Waals surface area contributed by atoms with E-state index < -0.39 is 0 Å². The van der Waals surface area contributed by atoms with Gasteiger partial charge in [0.25, 0.3) is 0 Å². The molecule has 1 aliphatic heterocycles. The average molecular weight is 508 g/mol. The maximum atomic E-state index is 13.8. The van der Waals surface area contributed by atoms with Crippen LogP contribution in [0.5, 0.6) is 0 Å². The first-order chi connectivity index (χ1) is 18.6. The van der Waals surface area contributed by atoms with Gasteiger partial charge in [0.15, 0.2) is 0 Å². The fourth-order valence-electron chi connectivity index (χ4n) is 5.22. The Balaban J connectivity index is 1.57. The molecule has 0 radical (unpaired) electrons. The predicted octanol–water partition coefficient (Wildman–Crippen LogP) is 6.57. The van der Waals surface area contributed by atoms with Crippen molar-refractivity contribution < 1.29 is 9.13 Å². The van der Waals surface area contributed by atoms with Gasteiger partial charge in [-0.25, -0.2) is 9.37 Å². The summed E-state index contributed by atoms with van der Waals surface area (Å²) in [4.78, 5) is 14.7. The minimum atomic E-state index is -0.266. The van der Waals surface area contributed by atoms with Crippen molar-refractivity contribution in [1.29, 1.82) is 0 Å². The lowest BCUT2D eigenvalue weighted by Gasteiger charge is -2.25. The smallest absolute Gasteiger partial charge is 0.123 e. The van der Waals surface area contributed by atoms with Gasteiger partial charge in [0.1, 0.15) is 5.82 Å². The van der Waals surface area contributed by atoms with E-state index in [1.54, 1.807) is 19.2 Å². The molecule has 2 heterocycles. The number of fused-ring (bicyclic) bond motifs is 2. The highest BCUT2D eigenvalue weighted by Crippen LogP contribution is 2.31. The van der Waals surface area contributed by atoms with Gasteiger partial charge >= 0.3 is 0 Å². The van der Waals surface area contributed by atoms with Crippen LogP contribution in [0.4, 0.5) is 15.8 Å². The minimum Gasteiger partial charge on any atom is -0.381 e. The summed E-state index contributed by atoms with van der Waals surface area (Å²) >= 11 is 0. The molecule has 1 aromatic heterocycles. The second kappa shape index (κ2) is 10.3. The summed E-state index contributed by atoms with van der Waals surface area (Å²) in [6.07, 6.45) is 6.12. The maximum absolute atomic E-state index is 13.8. The van der Waals surface area contributed by atoms with Crippen LogP contribution in [0, 0.1) is 12.7 Å². The zero-order valence-electron chi connectivity index (χ0n) is 21.6. The van der Waals surface area contributed by atoms with Gasteiger partial charge in [-0.2, -0.15) is 0 Å². The monoisotopic (exact) mass is 507 g/mol. The summed E-state index contributed by atoms with van der Waals surface area (Å²) in [6, 6.07) is 23.0. The van der Waals surface area contributed by atoms with E-state index in [1.807, 2.05) is 49.5 Å². The molecule has 1 N–H and O–H groups in total. The Labute approximate surface area is 221 Å². The number of benzene rings is 3. The zero-order valence-corrected chi connectivity index (χ0v) is 21.6. The quantitative estimate of drug-likeness (QED) is 0.273. The molecule has 3 aromatic rings. The molecule has 0 atom stereocenters. The highest BCUT2D eigenvalue weighted by Gasteiger charge is 2.21. The summed E-state index contributed by atoms with van der Waals surface area (Å²) in [5.74, 6) is -0.266. The molecular weight excluding hydrogens is 477 g/mol. The Morgan fingerprint density at radius 2 is 1.76 bits per heavy atom. The molecule has 6 nitrogen and oxygen atoms in total. The predicted molar refractivity (Wildman–Crippen MR) is 149 cm³/mol. The van der Waals surface area contributed by atoms with Crippen molar-refractivity contribution in [1.82, 2.24) is 14.5 Å². The van der Waals surface area contributed by atoms with Gasteiger partial charge in [0.05, 0.1) is 57.5 Å². The molecule has 1 saturated carbocycles. The zero-order chi connectivity index (χ0) is 26.1. The lowest BCUT2D eigenvalue weighted by molar-refractivity contribution is 0.0663. The lowest BCUT2D eigenvalue weighted by Crippen LogP contribution is -2.25. The summed E-state index contributed by atoms with van der Waals surface area (Å²) in [6.45, 7) is 1.97. The number of ether oxygens (including phenoxy) is 1. The van der Waals surface area contributed by atoms with Crippen molar-refractivity contribution in [3.8, 4) is 17.1 Å². The molecule has 0 bridgehead atoms. The standard InChI is InChI=1S/C31H30FN5O/c1-20-7-10-23(19-33-20)35-27-17-29-31(18-28(27)34-22-11-15-25(38-2)16-12-22)37(24-13-8-21(32)9-14-24)30-6-4-3-5-26(30)36-29/h3-10,13-14,17-19,22,25,35H,11-12,15-16H2,1-2H3/b34-28+. The van der Waals surface area contributed by atoms with Crippen LogP contribution in [0.15, 0.2) is 84.0 Å². The van der Waals surface area contributed by atoms with Crippen molar-refractivity contribution >= 4 is 22.4 Å². The first-order valence-electron chi connectivity index (χ1n) is 13.1. The van der Waals surface area contributed by atoms with Crippen LogP contribution in [-0.4, -0.2) is 33.8 Å². The summed E-state index contributed by atoms with van der Waals surface area (Å²) in [5.41, 5.74) is 7.13. The maximum Gasteiger partial charge on any atom is 0.123 e. The molecule has 1 fully saturated rings. The van der Waals surface area contributed by atoms with E-state index in [0.717, 1.165) is 76.2 Å². The fraction of sp³-hybridized carbons (Fsp3) is 0.258. The number of aromatic nitrogens is 3. The molecule has 192 valence electrons. The van der Waals surface area contributed by atoms with E-state index in [-0.39, 0.29) is 11.9 Å². The minimum absolute atomic E-state index is 0.211. The van der Waals surface area contributed by atoms with E-state index in [2.05, 4.69) is 27.0 Å². The Morgan fingerprint density at radius 1 is 0.974 bits per heavy atom. The third kappa shape index (κ3) is 4.89. The fourth-order valence-corrected chi connectivity index (χ4v) is 5.22. The van der Waals surface area contributed by atoms with E-state index in [1.165, 1.54) is 12.1 Å². The number of halogens is 1. The summed E-state index contributed by atoms with van der Waals surface area (Å²) in [5, 5.41) is 4.40. The van der Waals surface area contributed by atoms with Crippen molar-refractivity contribution in [2.24, 2.45) is 4.99 Å². The van der Waals surface area contributed by atoms with Gasteiger partial charge < -0.3 is 14.6 Å². The number of nitrogens with one attached hydrogen (secondary N) is 1. The molecule has 38 heavy (non-hydrogen) atoms. The van der Waals surface area contributed by atoms with E-state index in [0.29, 0.717) is 6.10 Å². The summed E-state index contributed by atoms with van der Waals surface area (Å²) in [7, 11) is 1.79. The molecule has 0 saturated heterocycles. The number of methoxy groups -OCH3 is 1. The van der Waals surface area contributed by atoms with Gasteiger partial charge in [-0.05, 0) is 93.3 Å². The van der Waals surface area contributed by atoms with Crippen molar-refractivity contribution in [2.45, 2.75) is 44.8 Å². The number of pyridine rings is 1. The number of nitrogens with zero attached hydrogens (tertiary/aromatic N) is 4. The molecule has 0 amide bonds. The molecule has 2 aliphatic carbocycles. The molecule has 2 aromatic carbocycles. The highest BCUT2D eigenvalue weighted by molar-refractivity contribution is 5.84. The highest BCUT2D eigenvalue weighted by atomic mass is 19.1. The topological polar surface area (TPSA) is 64.3 Å². The van der Waals surface area contributed by atoms with Crippen LogP contribution in [0.2, 0.25) is 0 Å². The van der Waals surface area contributed by atoms with Gasteiger partial charge in [0.2, 0.25) is 0 Å². The molecule has 7 heteroatoms. The second-order valence-corrected chi connectivity index (χ2v) is 9.88. The van der Waals surface area contributed by atoms with Crippen LogP contribution in [0.1, 0.15) is 31.4 Å². The van der Waals surface area contributed by atoms with Gasteiger partial charge in [-0.3, -0.25) is 9.98 Å². The van der Waals surface area contributed by atoms with Crippen LogP contribution >= 0.6 is 0 Å². The Bertz CT molecular complexity index is 1600. The second-order valence-electron chi connectivity index (χ2n) is 9.88. The number of rotatable bonds is 5. The van der Waals surface area contributed by atoms with Crippen molar-refractivity contribution in [2.75, 3.05) is 12.4 Å². The van der Waals surface area contributed by atoms with Crippen LogP contribution in [0.3, 0.4) is 0 Å². The van der Waals surface area contributed by atoms with Gasteiger partial charge in [-0.15, -0.1) is 0 Å². The van der Waals surface area contributed by atoms with Crippen molar-refractivity contribution in [3.63, 3.8) is 0 Å². The van der Waals surface area contributed by atoms with Gasteiger partial charge in [-0.1, -0.05) is 12.1 Å². The Kier molecular flexibility index (Phi) is 6.60. The molecular formula is C31H30FN5O. The number of hydrogen-bond acceptors (Lipinski definition) is 5. The number of para-hydroxylation sites is 2. The van der Waals surface area contributed by atoms with Crippen molar-refractivity contribution in [3.05, 3.63) is 95.9 Å². The van der Waals surface area contributed by atoms with Gasteiger partial charge in [0, 0.05) is 18.5 Å². The lowest BCUT2D eigenvalue weighted by atomic mass is 9.93. The van der Waals surface area contributed by atoms with E-state index >= 15 is 0 Å². The number of hydrogen-bond donors (Lipinski definition) is 1. The largest absolute Gasteiger partial charge is 0.381 e. The van der Waals surface area contributed by atoms with E-state index in [4.69, 9.17) is 14.7 Å². The molecule has 6 rings (SSSR count). The normalized spacial score (nSPS) is 18.2. The summed E-state index contributed by atoms with van der Waals surface area (Å²) < 4.78 is 21.5. The number of aryl methyl sites for hydroxylation is 1. The molecule has 3 aliphatic rings. The first-order valence-corrected chi connectivity index (χ1v) is 13.1. The third-order valence-electron chi connectivity index (χ3n) is 7.27. The van der Waals surface area contributed by atoms with Crippen LogP contribution in [0.25, 0.3) is 28.1 Å². The molecule has 0 unspecified atom stereocenters. The SMILES string of the molecule is COC1CCC(/N=c2\cc3n(-c4ccc(F)cc4)c4ccccc4nc-3cc2Nc2ccc(C)nc2)CC1. The average Bonchev–Trinajstić information content (AvgIpc) is 2.94. The first kappa shape index (κ1) is 24.2. The van der Waals surface area contributed by atoms with E-state index in [9.17, 15) is 4.39 Å². The van der Waals surface area contributed by atoms with Crippen LogP contribution < -0.4 is 10.7 Å². The third-order valence-corrected chi connectivity index (χ3v) is 7.27. The molecule has 0 spiro atoms.